The van der Waals surface area contributed by atoms with E-state index in [2.05, 4.69) is 0 Å². The van der Waals surface area contributed by atoms with Crippen LogP contribution in [0.15, 0.2) is 60.2 Å². The summed E-state index contributed by atoms with van der Waals surface area (Å²) in [6.45, 7) is 0. The van der Waals surface area contributed by atoms with Crippen LogP contribution in [0.3, 0.4) is 0 Å². The van der Waals surface area contributed by atoms with Crippen molar-refractivity contribution < 1.29 is 43.3 Å². The number of phenols is 1. The lowest BCUT2D eigenvalue weighted by Gasteiger charge is -2.50. The van der Waals surface area contributed by atoms with E-state index >= 15 is 0 Å². The second-order valence-electron chi connectivity index (χ2n) is 13.6. The zero-order valence-electron chi connectivity index (χ0n) is 28.3. The van der Waals surface area contributed by atoms with Crippen molar-refractivity contribution in [2.24, 2.45) is 17.8 Å². The highest BCUT2D eigenvalue weighted by Gasteiger charge is 2.76. The summed E-state index contributed by atoms with van der Waals surface area (Å²) in [5.74, 6) is -9.01. The molecule has 2 aliphatic carbocycles. The van der Waals surface area contributed by atoms with Crippen LogP contribution in [0.5, 0.6) is 11.5 Å². The first-order valence-electron chi connectivity index (χ1n) is 16.2. The van der Waals surface area contributed by atoms with Crippen LogP contribution in [-0.4, -0.2) is 69.5 Å². The predicted octanol–water partition coefficient (Wildman–Crippen LogP) is 5.79. The number of methoxy groups -OCH3 is 1. The number of fused-ring (bicyclic) bond motifs is 4. The van der Waals surface area contributed by atoms with Crippen LogP contribution < -0.4 is 19.4 Å². The Hall–Kier alpha value is -4.88. The summed E-state index contributed by atoms with van der Waals surface area (Å²) >= 11 is 16.6. The molecule has 3 fully saturated rings. The Morgan fingerprint density at radius 2 is 1.54 bits per heavy atom. The number of aromatic hydroxyl groups is 1. The molecule has 1 saturated carbocycles. The number of anilines is 3. The van der Waals surface area contributed by atoms with Gasteiger partial charge in [-0.1, -0.05) is 11.6 Å². The zero-order valence-corrected chi connectivity index (χ0v) is 32.0. The molecule has 280 valence electrons. The maximum Gasteiger partial charge on any atom is 0.301 e. The monoisotopic (exact) mass is 893 g/mol. The van der Waals surface area contributed by atoms with E-state index in [9.17, 15) is 48.9 Å². The van der Waals surface area contributed by atoms with Crippen LogP contribution in [0.4, 0.5) is 32.8 Å². The van der Waals surface area contributed by atoms with Gasteiger partial charge in [0.1, 0.15) is 5.82 Å². The number of benzene rings is 3. The number of carbonyl (C=O) groups is 4. The first kappa shape index (κ1) is 37.4. The molecular formula is C35H27Cl2FIN5O10. The average Bonchev–Trinajstić information content (AvgIpc) is 3.46. The number of halogens is 4. The Labute approximate surface area is 328 Å². The molecule has 2 aliphatic heterocycles. The Kier molecular flexibility index (Phi) is 8.92. The predicted molar refractivity (Wildman–Crippen MR) is 201 cm³/mol. The first-order chi connectivity index (χ1) is 25.4. The number of imide groups is 2. The van der Waals surface area contributed by atoms with Gasteiger partial charge in [-0.05, 0) is 83.3 Å². The highest BCUT2D eigenvalue weighted by atomic mass is 127. The molecule has 1 N–H and O–H groups in total. The fraction of sp³-hybridized carbons (Fsp3) is 0.314. The molecule has 2 heterocycles. The molecule has 15 nitrogen and oxygen atoms in total. The third-order valence-electron chi connectivity index (χ3n) is 10.7. The number of nitrogens with zero attached hydrogens (tertiary/aromatic N) is 5. The second-order valence-corrected chi connectivity index (χ2v) is 16.0. The van der Waals surface area contributed by atoms with Gasteiger partial charge in [0.2, 0.25) is 11.8 Å². The van der Waals surface area contributed by atoms with Crippen molar-refractivity contribution in [1.82, 2.24) is 0 Å². The number of nitro groups is 2. The van der Waals surface area contributed by atoms with Gasteiger partial charge in [-0.25, -0.2) is 14.2 Å². The molecule has 0 spiro atoms. The summed E-state index contributed by atoms with van der Waals surface area (Å²) in [5, 5.41) is 35.0. The topological polar surface area (TPSA) is 194 Å². The van der Waals surface area contributed by atoms with Crippen molar-refractivity contribution in [3.05, 3.63) is 95.4 Å². The second kappa shape index (κ2) is 12.9. The van der Waals surface area contributed by atoms with E-state index in [4.69, 9.17) is 27.9 Å². The molecule has 2 saturated heterocycles. The van der Waals surface area contributed by atoms with Gasteiger partial charge in [-0.15, -0.1) is 23.2 Å². The summed E-state index contributed by atoms with van der Waals surface area (Å²) in [5.41, 5.74) is -1.52. The van der Waals surface area contributed by atoms with Crippen LogP contribution in [0.2, 0.25) is 0 Å². The maximum absolute atomic E-state index is 14.6. The molecule has 3 aromatic rings. The fourth-order valence-electron chi connectivity index (χ4n) is 8.40. The third-order valence-corrected chi connectivity index (χ3v) is 12.9. The molecule has 4 aliphatic rings. The molecule has 0 aromatic heterocycles. The van der Waals surface area contributed by atoms with Crippen LogP contribution in [0.25, 0.3) is 0 Å². The van der Waals surface area contributed by atoms with E-state index in [1.807, 2.05) is 22.6 Å². The van der Waals surface area contributed by atoms with Gasteiger partial charge in [0.15, 0.2) is 26.9 Å². The van der Waals surface area contributed by atoms with Crippen molar-refractivity contribution in [1.29, 1.82) is 0 Å². The van der Waals surface area contributed by atoms with Gasteiger partial charge in [0, 0.05) is 32.1 Å². The normalized spacial score (nSPS) is 27.4. The number of amides is 4. The highest BCUT2D eigenvalue weighted by molar-refractivity contribution is 14.1. The van der Waals surface area contributed by atoms with E-state index in [0.717, 1.165) is 29.2 Å². The van der Waals surface area contributed by atoms with Gasteiger partial charge in [0.25, 0.3) is 11.8 Å². The van der Waals surface area contributed by atoms with Crippen LogP contribution >= 0.6 is 45.8 Å². The first-order valence-corrected chi connectivity index (χ1v) is 18.0. The van der Waals surface area contributed by atoms with Gasteiger partial charge in [-0.2, -0.15) is 0 Å². The Morgan fingerprint density at radius 1 is 0.926 bits per heavy atom. The number of phenolic OH excluding ortho intramolecular Hbond substituents is 1. The van der Waals surface area contributed by atoms with E-state index in [0.29, 0.717) is 10.5 Å². The third kappa shape index (κ3) is 5.10. The smallest absolute Gasteiger partial charge is 0.301 e. The van der Waals surface area contributed by atoms with Gasteiger partial charge < -0.3 is 14.7 Å². The van der Waals surface area contributed by atoms with E-state index in [1.54, 1.807) is 6.08 Å². The minimum atomic E-state index is -2.27. The Balaban J connectivity index is 1.41. The number of hydrogen-bond donors (Lipinski definition) is 1. The van der Waals surface area contributed by atoms with Crippen LogP contribution in [-0.2, 0) is 19.2 Å². The van der Waals surface area contributed by atoms with Crippen molar-refractivity contribution in [2.75, 3.05) is 35.9 Å². The minimum absolute atomic E-state index is 0.00330. The molecule has 0 radical (unpaired) electrons. The van der Waals surface area contributed by atoms with Gasteiger partial charge >= 0.3 is 11.4 Å². The van der Waals surface area contributed by atoms with Gasteiger partial charge in [0.05, 0.1) is 43.7 Å². The number of allylic oxidation sites excluding steroid dienone is 2. The molecule has 6 atom stereocenters. The standard InChI is InChI=1S/C35H27Cl2FIN5O10/c1-40(2)28-23(43(50)51)12-18(13-24(28)44(52)53)41-30(46)20-9-8-19-21(26(20)31(41)47)14-34(36)32(48)42(17-6-4-16(38)5-7-17)33(49)35(34,37)27(19)15-10-22(39)29(45)25(11-15)54-3/h4-8,10-13,20-21,26-27,45H,9,14H2,1-3H3. The summed E-state index contributed by atoms with van der Waals surface area (Å²) in [6, 6.07) is 9.32. The summed E-state index contributed by atoms with van der Waals surface area (Å²) in [4.78, 5) is 78.4. The zero-order chi connectivity index (χ0) is 39.3. The molecular weight excluding hydrogens is 867 g/mol. The number of nitro benzene ring substituents is 2. The summed E-state index contributed by atoms with van der Waals surface area (Å²) in [7, 11) is 4.06. The Morgan fingerprint density at radius 3 is 2.09 bits per heavy atom. The molecule has 6 unspecified atom stereocenters. The largest absolute Gasteiger partial charge is 0.504 e. The summed E-state index contributed by atoms with van der Waals surface area (Å²) < 4.78 is 19.6. The van der Waals surface area contributed by atoms with Crippen molar-refractivity contribution in [3.8, 4) is 11.5 Å². The number of alkyl halides is 2. The fourth-order valence-corrected chi connectivity index (χ4v) is 9.96. The average molecular weight is 894 g/mol. The van der Waals surface area contributed by atoms with E-state index < -0.39 is 96.2 Å². The lowest BCUT2D eigenvalue weighted by atomic mass is 9.56. The summed E-state index contributed by atoms with van der Waals surface area (Å²) in [6.07, 6.45) is 1.14. The van der Waals surface area contributed by atoms with Crippen LogP contribution in [0.1, 0.15) is 24.3 Å². The lowest BCUT2D eigenvalue weighted by molar-refractivity contribution is -0.392. The minimum Gasteiger partial charge on any atom is -0.504 e. The SMILES string of the molecule is COc1cc(C2C3=CCC4C(=O)N(c5cc([N+](=O)[O-])c(N(C)C)c([N+](=O)[O-])c5)C(=O)C4C3CC3(Cl)C(=O)N(c4ccc(F)cc4)C(=O)C23Cl)cc(I)c1O. The number of carbonyl (C=O) groups excluding carboxylic acids is 4. The quantitative estimate of drug-likeness (QED) is 0.0753. The van der Waals surface area contributed by atoms with Crippen molar-refractivity contribution >= 4 is 97.9 Å². The molecule has 7 rings (SSSR count). The Bertz CT molecular complexity index is 2240. The van der Waals surface area contributed by atoms with Crippen LogP contribution in [0, 0.1) is 47.4 Å². The molecule has 19 heteroatoms. The van der Waals surface area contributed by atoms with E-state index in [1.165, 1.54) is 50.4 Å². The highest BCUT2D eigenvalue weighted by Crippen LogP contribution is 2.66. The van der Waals surface area contributed by atoms with Crippen molar-refractivity contribution in [3.63, 3.8) is 0 Å². The molecule has 4 amide bonds. The van der Waals surface area contributed by atoms with Crippen molar-refractivity contribution in [2.45, 2.75) is 28.5 Å². The van der Waals surface area contributed by atoms with Gasteiger partial charge in [-0.3, -0.25) is 39.4 Å². The van der Waals surface area contributed by atoms with E-state index in [-0.39, 0.29) is 38.4 Å². The molecule has 54 heavy (non-hydrogen) atoms. The number of rotatable bonds is 7. The number of ether oxygens (including phenoxy) is 1. The maximum atomic E-state index is 14.6. The lowest BCUT2D eigenvalue weighted by Crippen LogP contribution is -2.60. The molecule has 0 bridgehead atoms. The number of hydrogen-bond acceptors (Lipinski definition) is 11. The molecule has 3 aromatic carbocycles.